The van der Waals surface area contributed by atoms with Crippen molar-refractivity contribution in [2.24, 2.45) is 0 Å². The summed E-state index contributed by atoms with van der Waals surface area (Å²) < 4.78 is -0.152. The molecule has 0 aromatic heterocycles. The molecule has 133 valence electrons. The second-order valence-corrected chi connectivity index (χ2v) is 7.93. The fourth-order valence-electron chi connectivity index (χ4n) is 2.58. The molecule has 1 aliphatic rings. The second-order valence-electron chi connectivity index (χ2n) is 5.68. The first-order valence-electron chi connectivity index (χ1n) is 8.36. The van der Waals surface area contributed by atoms with Crippen LogP contribution in [-0.4, -0.2) is 73.8 Å². The first kappa shape index (κ1) is 21.6. The van der Waals surface area contributed by atoms with Gasteiger partial charge in [-0.1, -0.05) is 5.92 Å². The number of likely N-dealkylation sites (tertiary alicyclic amines) is 1. The van der Waals surface area contributed by atoms with Gasteiger partial charge in [0, 0.05) is 0 Å². The van der Waals surface area contributed by atoms with Gasteiger partial charge in [-0.05, 0) is 14.0 Å². The van der Waals surface area contributed by atoms with Crippen molar-refractivity contribution in [3.05, 3.63) is 35.9 Å². The molecule has 0 bridgehead atoms. The average molecular weight is 537 g/mol. The normalized spacial score (nSPS) is 17.4. The standard InChI is InChI=1S/C14H16NO3.C5H9N.Pb/c16-13(10-11-6-2-1-3-7-11)15-9-5-4-8-12(15)14(17)18;1-3-4-5-6-2;/h1-3,6-7,10,12H,4-5,8-9H2,(H,17,18);6H,5H2,1-2H3;. The average Bonchev–Trinajstić information content (AvgIpc) is 2.66. The fraction of sp³-hybridized carbons (Fsp3) is 0.474. The summed E-state index contributed by atoms with van der Waals surface area (Å²) >= 11 is 0.697. The fourth-order valence-corrected chi connectivity index (χ4v) is 3.98. The van der Waals surface area contributed by atoms with Gasteiger partial charge >= 0.3 is 128 Å². The molecule has 1 aliphatic heterocycles. The van der Waals surface area contributed by atoms with Crippen LogP contribution in [0, 0.1) is 11.8 Å². The Labute approximate surface area is 165 Å². The molecule has 2 unspecified atom stereocenters. The van der Waals surface area contributed by atoms with Gasteiger partial charge in [-0.2, -0.15) is 0 Å². The van der Waals surface area contributed by atoms with E-state index in [1.54, 1.807) is 4.90 Å². The van der Waals surface area contributed by atoms with Gasteiger partial charge < -0.3 is 5.32 Å². The molecule has 1 amide bonds. The summed E-state index contributed by atoms with van der Waals surface area (Å²) in [7, 11) is 1.88. The van der Waals surface area contributed by atoms with Crippen molar-refractivity contribution < 1.29 is 14.7 Å². The third kappa shape index (κ3) is 7.16. The molecule has 1 aromatic rings. The Balaban J connectivity index is 0.000000450. The van der Waals surface area contributed by atoms with Crippen molar-refractivity contribution in [3.63, 3.8) is 0 Å². The quantitative estimate of drug-likeness (QED) is 0.453. The zero-order valence-corrected chi connectivity index (χ0v) is 18.7. The monoisotopic (exact) mass is 537 g/mol. The summed E-state index contributed by atoms with van der Waals surface area (Å²) in [4.78, 5) is 25.3. The molecule has 0 aliphatic carbocycles. The summed E-state index contributed by atoms with van der Waals surface area (Å²) in [5, 5.41) is 12.1. The number of amides is 1. The van der Waals surface area contributed by atoms with E-state index in [2.05, 4.69) is 17.2 Å². The first-order chi connectivity index (χ1) is 12.0. The van der Waals surface area contributed by atoms with Crippen molar-refractivity contribution in [2.75, 3.05) is 20.1 Å². The van der Waals surface area contributed by atoms with Gasteiger partial charge in [0.25, 0.3) is 0 Å². The van der Waals surface area contributed by atoms with E-state index in [9.17, 15) is 14.7 Å². The van der Waals surface area contributed by atoms with E-state index in [-0.39, 0.29) is 9.38 Å². The molecule has 25 heavy (non-hydrogen) atoms. The number of hydrogen-bond donors (Lipinski definition) is 2. The van der Waals surface area contributed by atoms with Gasteiger partial charge in [0.15, 0.2) is 0 Å². The molecule has 6 heteroatoms. The molecule has 1 fully saturated rings. The Morgan fingerprint density at radius 1 is 1.36 bits per heavy atom. The van der Waals surface area contributed by atoms with Crippen LogP contribution in [0.5, 0.6) is 0 Å². The van der Waals surface area contributed by atoms with Crippen molar-refractivity contribution >= 4 is 37.6 Å². The van der Waals surface area contributed by atoms with Crippen LogP contribution in [0.3, 0.4) is 0 Å². The van der Waals surface area contributed by atoms with E-state index in [4.69, 9.17) is 0 Å². The Kier molecular flexibility index (Phi) is 10.4. The predicted molar refractivity (Wildman–Crippen MR) is 99.3 cm³/mol. The van der Waals surface area contributed by atoms with Crippen LogP contribution >= 0.6 is 0 Å². The Bertz CT molecular complexity index is 610. The van der Waals surface area contributed by atoms with Crippen molar-refractivity contribution in [2.45, 2.75) is 35.7 Å². The summed E-state index contributed by atoms with van der Waals surface area (Å²) in [5.41, 5.74) is 0.994. The first-order valence-corrected chi connectivity index (χ1v) is 10.6. The molecular formula is C19H25N2O3Pb. The molecule has 2 rings (SSSR count). The van der Waals surface area contributed by atoms with Gasteiger partial charge in [0.2, 0.25) is 0 Å². The third-order valence-electron chi connectivity index (χ3n) is 3.89. The summed E-state index contributed by atoms with van der Waals surface area (Å²) in [5.74, 6) is 4.69. The molecule has 0 spiro atoms. The Morgan fingerprint density at radius 2 is 2.04 bits per heavy atom. The molecule has 2 N–H and O–H groups in total. The minimum absolute atomic E-state index is 0.0232. The molecule has 1 aromatic carbocycles. The zero-order chi connectivity index (χ0) is 18.7. The van der Waals surface area contributed by atoms with Gasteiger partial charge in [-0.15, -0.1) is 5.92 Å². The summed E-state index contributed by atoms with van der Waals surface area (Å²) in [6, 6.07) is 8.99. The van der Waals surface area contributed by atoms with Gasteiger partial charge in [0.05, 0.1) is 6.54 Å². The van der Waals surface area contributed by atoms with Crippen LogP contribution in [0.4, 0.5) is 0 Å². The van der Waals surface area contributed by atoms with Crippen molar-refractivity contribution in [1.82, 2.24) is 10.2 Å². The third-order valence-corrected chi connectivity index (χ3v) is 6.15. The number of carboxylic acid groups (broad SMARTS) is 1. The summed E-state index contributed by atoms with van der Waals surface area (Å²) in [6.07, 6.45) is 2.36. The number of nitrogens with one attached hydrogen (secondary N) is 1. The zero-order valence-electron chi connectivity index (χ0n) is 14.8. The number of hydrogen-bond acceptors (Lipinski definition) is 3. The minimum atomic E-state index is -0.880. The van der Waals surface area contributed by atoms with E-state index >= 15 is 0 Å². The number of carboxylic acids is 1. The molecule has 1 saturated heterocycles. The molecule has 2 atom stereocenters. The van der Waals surface area contributed by atoms with Crippen LogP contribution in [0.15, 0.2) is 30.3 Å². The van der Waals surface area contributed by atoms with Gasteiger partial charge in [0.1, 0.15) is 0 Å². The molecule has 3 radical (unpaired) electrons. The SMILES string of the molecule is CC#CCNC.O=C(O)C1CCCCN1C(=O)[CH]([Pb])c1ccccc1. The van der Waals surface area contributed by atoms with E-state index in [1.165, 1.54) is 0 Å². The van der Waals surface area contributed by atoms with Crippen LogP contribution in [0.2, 0.25) is 0 Å². The number of benzene rings is 1. The van der Waals surface area contributed by atoms with E-state index in [1.807, 2.05) is 44.3 Å². The predicted octanol–water partition coefficient (Wildman–Crippen LogP) is 1.59. The number of rotatable bonds is 4. The summed E-state index contributed by atoms with van der Waals surface area (Å²) in [6.45, 7) is 3.20. The van der Waals surface area contributed by atoms with E-state index in [0.717, 1.165) is 24.9 Å². The Morgan fingerprint density at radius 3 is 2.56 bits per heavy atom. The van der Waals surface area contributed by atoms with E-state index < -0.39 is 12.0 Å². The number of aliphatic carboxylic acids is 1. The van der Waals surface area contributed by atoms with Crippen LogP contribution in [-0.2, 0) is 9.59 Å². The second kappa shape index (κ2) is 12.0. The topological polar surface area (TPSA) is 69.6 Å². The van der Waals surface area contributed by atoms with Gasteiger partial charge in [-0.3, -0.25) is 0 Å². The molecule has 0 saturated carbocycles. The maximum atomic E-state index is 12.5. The van der Waals surface area contributed by atoms with Crippen LogP contribution < -0.4 is 5.32 Å². The number of carbonyl (C=O) groups is 2. The molecule has 1 heterocycles. The van der Waals surface area contributed by atoms with Crippen LogP contribution in [0.25, 0.3) is 0 Å². The maximum absolute atomic E-state index is 12.5. The number of carbonyl (C=O) groups excluding carboxylic acids is 1. The van der Waals surface area contributed by atoms with Crippen LogP contribution in [0.1, 0.15) is 35.2 Å². The molecular weight excluding hydrogens is 511 g/mol. The number of nitrogens with zero attached hydrogens (tertiary/aromatic N) is 1. The molecule has 5 nitrogen and oxygen atoms in total. The number of piperidine rings is 1. The van der Waals surface area contributed by atoms with Crippen molar-refractivity contribution in [3.8, 4) is 11.8 Å². The van der Waals surface area contributed by atoms with E-state index in [0.29, 0.717) is 38.7 Å². The Hall–Kier alpha value is -1.40. The van der Waals surface area contributed by atoms with Gasteiger partial charge in [-0.25, -0.2) is 0 Å². The van der Waals surface area contributed by atoms with Crippen molar-refractivity contribution in [1.29, 1.82) is 0 Å².